The smallest absolute Gasteiger partial charge is 0.0916 e. The molecule has 0 spiro atoms. The monoisotopic (exact) mass is 239 g/mol. The zero-order chi connectivity index (χ0) is 11.2. The predicted molar refractivity (Wildman–Crippen MR) is 65.5 cm³/mol. The third-order valence-corrected chi connectivity index (χ3v) is 3.70. The maximum Gasteiger partial charge on any atom is 0.0916 e. The molecular formula is C12H17NO2S. The van der Waals surface area contributed by atoms with Gasteiger partial charge >= 0.3 is 0 Å². The molecule has 1 aromatic rings. The number of methoxy groups -OCH3 is 1. The predicted octanol–water partition coefficient (Wildman–Crippen LogP) is 2.39. The molecule has 0 saturated carbocycles. The van der Waals surface area contributed by atoms with E-state index in [-0.39, 0.29) is 0 Å². The fraction of sp³-hybridized carbons (Fsp3) is 0.500. The molecule has 1 unspecified atom stereocenters. The standard InChI is InChI=1S/C12H17NO2S/c1-14-7-8-15-13-11-6-9-16-12-5-3-2-4-10(11)12/h2-5,11,13H,6-9H2,1H3. The van der Waals surface area contributed by atoms with Gasteiger partial charge < -0.3 is 4.74 Å². The third-order valence-electron chi connectivity index (χ3n) is 2.57. The van der Waals surface area contributed by atoms with Crippen LogP contribution in [0.3, 0.4) is 0 Å². The number of nitrogens with one attached hydrogen (secondary N) is 1. The van der Waals surface area contributed by atoms with Crippen LogP contribution in [0.1, 0.15) is 18.0 Å². The summed E-state index contributed by atoms with van der Waals surface area (Å²) in [5.74, 6) is 1.14. The lowest BCUT2D eigenvalue weighted by Gasteiger charge is -2.25. The van der Waals surface area contributed by atoms with Crippen LogP contribution in [0.25, 0.3) is 0 Å². The Morgan fingerprint density at radius 3 is 3.12 bits per heavy atom. The van der Waals surface area contributed by atoms with Crippen LogP contribution in [0.15, 0.2) is 29.2 Å². The van der Waals surface area contributed by atoms with Gasteiger partial charge in [0.05, 0.1) is 19.3 Å². The van der Waals surface area contributed by atoms with E-state index in [4.69, 9.17) is 9.57 Å². The Morgan fingerprint density at radius 1 is 1.38 bits per heavy atom. The summed E-state index contributed by atoms with van der Waals surface area (Å²) in [5, 5.41) is 0. The molecular weight excluding hydrogens is 222 g/mol. The van der Waals surface area contributed by atoms with E-state index in [0.717, 1.165) is 12.2 Å². The number of fused-ring (bicyclic) bond motifs is 1. The van der Waals surface area contributed by atoms with E-state index in [1.165, 1.54) is 10.5 Å². The second-order valence-corrected chi connectivity index (χ2v) is 4.82. The summed E-state index contributed by atoms with van der Waals surface area (Å²) in [6, 6.07) is 8.81. The quantitative estimate of drug-likeness (QED) is 0.631. The summed E-state index contributed by atoms with van der Waals surface area (Å²) in [4.78, 5) is 6.75. The van der Waals surface area contributed by atoms with Gasteiger partial charge in [0.25, 0.3) is 0 Å². The van der Waals surface area contributed by atoms with Gasteiger partial charge in [0.15, 0.2) is 0 Å². The van der Waals surface area contributed by atoms with Crippen LogP contribution >= 0.6 is 11.8 Å². The molecule has 0 saturated heterocycles. The highest BCUT2D eigenvalue weighted by Gasteiger charge is 2.19. The number of hydrogen-bond acceptors (Lipinski definition) is 4. The van der Waals surface area contributed by atoms with E-state index >= 15 is 0 Å². The van der Waals surface area contributed by atoms with Crippen molar-refractivity contribution in [3.63, 3.8) is 0 Å². The number of benzene rings is 1. The molecule has 0 aliphatic carbocycles. The first-order valence-corrected chi connectivity index (χ1v) is 6.48. The summed E-state index contributed by atoms with van der Waals surface area (Å²) < 4.78 is 4.93. The summed E-state index contributed by atoms with van der Waals surface area (Å²) >= 11 is 1.92. The lowest BCUT2D eigenvalue weighted by molar-refractivity contribution is -0.0136. The van der Waals surface area contributed by atoms with Gasteiger partial charge in [-0.05, 0) is 23.8 Å². The van der Waals surface area contributed by atoms with Crippen molar-refractivity contribution in [2.24, 2.45) is 0 Å². The number of ether oxygens (including phenoxy) is 1. The Bertz CT molecular complexity index is 333. The Labute approximate surface area is 100 Å². The molecule has 0 fully saturated rings. The molecule has 1 N–H and O–H groups in total. The van der Waals surface area contributed by atoms with E-state index in [9.17, 15) is 0 Å². The summed E-state index contributed by atoms with van der Waals surface area (Å²) in [5.41, 5.74) is 4.46. The second kappa shape index (κ2) is 6.25. The first-order valence-electron chi connectivity index (χ1n) is 5.50. The Balaban J connectivity index is 1.91. The van der Waals surface area contributed by atoms with E-state index in [2.05, 4.69) is 29.7 Å². The molecule has 1 heterocycles. The molecule has 0 aromatic heterocycles. The summed E-state index contributed by atoms with van der Waals surface area (Å²) in [7, 11) is 1.68. The molecule has 0 bridgehead atoms. The van der Waals surface area contributed by atoms with Gasteiger partial charge in [0, 0.05) is 12.0 Å². The summed E-state index contributed by atoms with van der Waals surface area (Å²) in [6.07, 6.45) is 1.11. The molecule has 88 valence electrons. The van der Waals surface area contributed by atoms with Crippen LogP contribution in [0, 0.1) is 0 Å². The zero-order valence-electron chi connectivity index (χ0n) is 9.44. The van der Waals surface area contributed by atoms with Crippen molar-refractivity contribution in [2.45, 2.75) is 17.4 Å². The van der Waals surface area contributed by atoms with Crippen LogP contribution in [0.2, 0.25) is 0 Å². The maximum absolute atomic E-state index is 5.39. The number of hydroxylamine groups is 1. The second-order valence-electron chi connectivity index (χ2n) is 3.69. The van der Waals surface area contributed by atoms with E-state index in [1.807, 2.05) is 11.8 Å². The van der Waals surface area contributed by atoms with E-state index < -0.39 is 0 Å². The minimum absolute atomic E-state index is 0.314. The molecule has 1 aliphatic rings. The summed E-state index contributed by atoms with van der Waals surface area (Å²) in [6.45, 7) is 1.21. The van der Waals surface area contributed by atoms with Crippen molar-refractivity contribution < 1.29 is 9.57 Å². The molecule has 1 aromatic carbocycles. The Morgan fingerprint density at radius 2 is 2.25 bits per heavy atom. The van der Waals surface area contributed by atoms with Gasteiger partial charge in [-0.15, -0.1) is 11.8 Å². The molecule has 0 radical (unpaired) electrons. The van der Waals surface area contributed by atoms with E-state index in [1.54, 1.807) is 7.11 Å². The van der Waals surface area contributed by atoms with Gasteiger partial charge in [0.2, 0.25) is 0 Å². The molecule has 2 rings (SSSR count). The van der Waals surface area contributed by atoms with Crippen molar-refractivity contribution in [2.75, 3.05) is 26.1 Å². The van der Waals surface area contributed by atoms with E-state index in [0.29, 0.717) is 19.3 Å². The minimum Gasteiger partial charge on any atom is -0.382 e. The SMILES string of the molecule is COCCONC1CCSc2ccccc21. The zero-order valence-corrected chi connectivity index (χ0v) is 10.3. The topological polar surface area (TPSA) is 30.5 Å². The van der Waals surface area contributed by atoms with Gasteiger partial charge in [-0.3, -0.25) is 4.84 Å². The van der Waals surface area contributed by atoms with Crippen molar-refractivity contribution in [1.29, 1.82) is 0 Å². The van der Waals surface area contributed by atoms with Crippen molar-refractivity contribution in [3.8, 4) is 0 Å². The maximum atomic E-state index is 5.39. The van der Waals surface area contributed by atoms with Crippen LogP contribution in [0.4, 0.5) is 0 Å². The number of thioether (sulfide) groups is 1. The van der Waals surface area contributed by atoms with Gasteiger partial charge in [0.1, 0.15) is 0 Å². The third kappa shape index (κ3) is 2.98. The minimum atomic E-state index is 0.314. The fourth-order valence-corrected chi connectivity index (χ4v) is 2.87. The highest BCUT2D eigenvalue weighted by atomic mass is 32.2. The van der Waals surface area contributed by atoms with Crippen molar-refractivity contribution in [3.05, 3.63) is 29.8 Å². The van der Waals surface area contributed by atoms with Gasteiger partial charge in [-0.25, -0.2) is 0 Å². The van der Waals surface area contributed by atoms with Gasteiger partial charge in [-0.1, -0.05) is 18.2 Å². The van der Waals surface area contributed by atoms with Crippen LogP contribution < -0.4 is 5.48 Å². The molecule has 1 atom stereocenters. The van der Waals surface area contributed by atoms with Crippen LogP contribution in [0.5, 0.6) is 0 Å². The largest absolute Gasteiger partial charge is 0.382 e. The first kappa shape index (κ1) is 11.9. The van der Waals surface area contributed by atoms with Gasteiger partial charge in [-0.2, -0.15) is 5.48 Å². The highest BCUT2D eigenvalue weighted by Crippen LogP contribution is 2.35. The fourth-order valence-electron chi connectivity index (χ4n) is 1.75. The number of hydrogen-bond donors (Lipinski definition) is 1. The molecule has 1 aliphatic heterocycles. The van der Waals surface area contributed by atoms with Crippen molar-refractivity contribution >= 4 is 11.8 Å². The van der Waals surface area contributed by atoms with Crippen LogP contribution in [-0.4, -0.2) is 26.1 Å². The number of rotatable bonds is 5. The van der Waals surface area contributed by atoms with Crippen LogP contribution in [-0.2, 0) is 9.57 Å². The average Bonchev–Trinajstić information content (AvgIpc) is 2.35. The lowest BCUT2D eigenvalue weighted by Crippen LogP contribution is -2.26. The normalized spacial score (nSPS) is 19.4. The lowest BCUT2D eigenvalue weighted by atomic mass is 10.1. The Kier molecular flexibility index (Phi) is 4.66. The highest BCUT2D eigenvalue weighted by molar-refractivity contribution is 7.99. The molecule has 3 nitrogen and oxygen atoms in total. The molecule has 0 amide bonds. The first-order chi connectivity index (χ1) is 7.92. The Hall–Kier alpha value is -0.550. The average molecular weight is 239 g/mol. The van der Waals surface area contributed by atoms with Crippen molar-refractivity contribution in [1.82, 2.24) is 5.48 Å². The molecule has 4 heteroatoms. The molecule has 16 heavy (non-hydrogen) atoms.